The van der Waals surface area contributed by atoms with Gasteiger partial charge >= 0.3 is 5.97 Å². The van der Waals surface area contributed by atoms with Crippen LogP contribution in [0.4, 0.5) is 0 Å². The van der Waals surface area contributed by atoms with E-state index in [1.165, 1.54) is 23.2 Å². The first kappa shape index (κ1) is 17.4. The highest BCUT2D eigenvalue weighted by atomic mass is 32.1. The maximum atomic E-state index is 12.0. The predicted octanol–water partition coefficient (Wildman–Crippen LogP) is 2.14. The van der Waals surface area contributed by atoms with Crippen LogP contribution in [0, 0.1) is 6.92 Å². The molecule has 0 spiro atoms. The fourth-order valence-corrected chi connectivity index (χ4v) is 4.13. The Morgan fingerprint density at radius 2 is 2.03 bits per heavy atom. The van der Waals surface area contributed by atoms with Gasteiger partial charge in [-0.2, -0.15) is 4.80 Å². The first-order valence-electron chi connectivity index (χ1n) is 8.69. The number of fused-ring (bicyclic) bond motifs is 3. The lowest BCUT2D eigenvalue weighted by molar-refractivity contribution is 0.0605. The molecule has 0 aliphatic carbocycles. The highest BCUT2D eigenvalue weighted by Crippen LogP contribution is 2.32. The Hall–Kier alpha value is -3.73. The molecule has 0 N–H and O–H groups in total. The fourth-order valence-electron chi connectivity index (χ4n) is 3.07. The number of tetrazole rings is 1. The molecule has 0 radical (unpaired) electrons. The molecular formula is C18H14N8O2S. The van der Waals surface area contributed by atoms with Crippen molar-refractivity contribution in [2.45, 2.75) is 13.5 Å². The second-order valence-electron chi connectivity index (χ2n) is 6.28. The first-order chi connectivity index (χ1) is 14.1. The van der Waals surface area contributed by atoms with Gasteiger partial charge < -0.3 is 4.74 Å². The second kappa shape index (κ2) is 6.71. The van der Waals surface area contributed by atoms with E-state index in [2.05, 4.69) is 30.5 Å². The molecule has 0 unspecified atom stereocenters. The Balaban J connectivity index is 1.52. The molecule has 0 atom stereocenters. The maximum absolute atomic E-state index is 12.0. The third kappa shape index (κ3) is 2.91. The van der Waals surface area contributed by atoms with E-state index in [-0.39, 0.29) is 12.5 Å². The summed E-state index contributed by atoms with van der Waals surface area (Å²) < 4.78 is 6.45. The van der Waals surface area contributed by atoms with E-state index in [1.807, 2.05) is 37.3 Å². The number of thiophene rings is 1. The minimum absolute atomic E-state index is 0.260. The zero-order valence-electron chi connectivity index (χ0n) is 15.5. The summed E-state index contributed by atoms with van der Waals surface area (Å²) >= 11 is 1.28. The van der Waals surface area contributed by atoms with Gasteiger partial charge in [0.15, 0.2) is 11.5 Å². The lowest BCUT2D eigenvalue weighted by atomic mass is 10.2. The van der Waals surface area contributed by atoms with Crippen molar-refractivity contribution in [1.82, 2.24) is 39.8 Å². The smallest absolute Gasteiger partial charge is 0.348 e. The maximum Gasteiger partial charge on any atom is 0.348 e. The van der Waals surface area contributed by atoms with E-state index < -0.39 is 0 Å². The fraction of sp³-hybridized carbons (Fsp3) is 0.167. The lowest BCUT2D eigenvalue weighted by Crippen LogP contribution is -2.05. The Labute approximate surface area is 167 Å². The number of hydrogen-bond donors (Lipinski definition) is 0. The molecular weight excluding hydrogens is 392 g/mol. The van der Waals surface area contributed by atoms with E-state index in [0.717, 1.165) is 16.5 Å². The number of aryl methyl sites for hydroxylation is 1. The molecule has 0 saturated carbocycles. The molecule has 4 aromatic heterocycles. The average Bonchev–Trinajstić information content (AvgIpc) is 3.45. The van der Waals surface area contributed by atoms with Crippen LogP contribution in [0.25, 0.3) is 27.3 Å². The number of rotatable bonds is 4. The van der Waals surface area contributed by atoms with Crippen LogP contribution in [0.3, 0.4) is 0 Å². The van der Waals surface area contributed by atoms with Crippen LogP contribution in [0.15, 0.2) is 36.7 Å². The number of hydrogen-bond acceptors (Lipinski definition) is 9. The van der Waals surface area contributed by atoms with Crippen LogP contribution in [-0.2, 0) is 11.3 Å². The highest BCUT2D eigenvalue weighted by Gasteiger charge is 2.20. The number of methoxy groups -OCH3 is 1. The molecule has 5 aromatic rings. The van der Waals surface area contributed by atoms with Crippen LogP contribution < -0.4 is 0 Å². The molecule has 0 aliphatic heterocycles. The van der Waals surface area contributed by atoms with Gasteiger partial charge in [-0.05, 0) is 17.7 Å². The minimum Gasteiger partial charge on any atom is -0.465 e. The van der Waals surface area contributed by atoms with E-state index in [4.69, 9.17) is 4.74 Å². The van der Waals surface area contributed by atoms with Crippen molar-refractivity contribution in [3.63, 3.8) is 0 Å². The number of aromatic nitrogens is 8. The minimum atomic E-state index is -0.386. The Morgan fingerprint density at radius 3 is 2.83 bits per heavy atom. The summed E-state index contributed by atoms with van der Waals surface area (Å²) in [7, 11) is 1.36. The number of carbonyl (C=O) groups is 1. The van der Waals surface area contributed by atoms with Gasteiger partial charge in [-0.15, -0.1) is 26.6 Å². The van der Waals surface area contributed by atoms with Crippen molar-refractivity contribution in [3.8, 4) is 11.4 Å². The Kier molecular flexibility index (Phi) is 4.02. The summed E-state index contributed by atoms with van der Waals surface area (Å²) in [6, 6.07) is 9.62. The van der Waals surface area contributed by atoms with E-state index >= 15 is 0 Å². The van der Waals surface area contributed by atoms with Crippen molar-refractivity contribution in [3.05, 3.63) is 52.9 Å². The molecule has 0 bridgehead atoms. The van der Waals surface area contributed by atoms with Crippen molar-refractivity contribution >= 4 is 33.2 Å². The summed E-state index contributed by atoms with van der Waals surface area (Å²) in [6.07, 6.45) is 1.58. The molecule has 0 fully saturated rings. The van der Waals surface area contributed by atoms with E-state index in [1.54, 1.807) is 10.8 Å². The largest absolute Gasteiger partial charge is 0.465 e. The number of benzene rings is 1. The van der Waals surface area contributed by atoms with Crippen LogP contribution >= 0.6 is 11.3 Å². The topological polar surface area (TPSA) is 113 Å². The zero-order chi connectivity index (χ0) is 20.0. The zero-order valence-corrected chi connectivity index (χ0v) is 16.3. The third-order valence-corrected chi connectivity index (χ3v) is 5.63. The molecule has 0 aliphatic rings. The molecule has 1 aromatic carbocycles. The van der Waals surface area contributed by atoms with Crippen LogP contribution in [0.1, 0.15) is 21.1 Å². The molecule has 4 heterocycles. The summed E-state index contributed by atoms with van der Waals surface area (Å²) in [5.41, 5.74) is 2.29. The van der Waals surface area contributed by atoms with Gasteiger partial charge in [0.25, 0.3) is 0 Å². The molecule has 29 heavy (non-hydrogen) atoms. The SMILES string of the molecule is COC(=O)c1sc2ncn3nc(Cn4nnc(-c5ccccc5)n4)nc3c2c1C. The second-order valence-corrected chi connectivity index (χ2v) is 7.28. The molecule has 0 amide bonds. The summed E-state index contributed by atoms with van der Waals surface area (Å²) in [6.45, 7) is 2.11. The van der Waals surface area contributed by atoms with Crippen LogP contribution in [-0.4, -0.2) is 52.9 Å². The summed E-state index contributed by atoms with van der Waals surface area (Å²) in [4.78, 5) is 23.7. The number of nitrogens with zero attached hydrogens (tertiary/aromatic N) is 8. The summed E-state index contributed by atoms with van der Waals surface area (Å²) in [5.74, 6) is 0.667. The van der Waals surface area contributed by atoms with Crippen LogP contribution in [0.5, 0.6) is 0 Å². The summed E-state index contributed by atoms with van der Waals surface area (Å²) in [5, 5.41) is 17.8. The molecule has 11 heteroatoms. The molecule has 0 saturated heterocycles. The molecule has 144 valence electrons. The van der Waals surface area contributed by atoms with Gasteiger partial charge in [0.05, 0.1) is 12.5 Å². The van der Waals surface area contributed by atoms with E-state index in [9.17, 15) is 4.79 Å². The Bertz CT molecular complexity index is 1350. The van der Waals surface area contributed by atoms with Crippen molar-refractivity contribution in [2.75, 3.05) is 7.11 Å². The number of ether oxygens (including phenoxy) is 1. The normalized spacial score (nSPS) is 11.4. The van der Waals surface area contributed by atoms with E-state index in [0.29, 0.717) is 27.0 Å². The lowest BCUT2D eigenvalue weighted by Gasteiger charge is -1.96. The molecule has 10 nitrogen and oxygen atoms in total. The van der Waals surface area contributed by atoms with Gasteiger partial charge in [0, 0.05) is 5.56 Å². The van der Waals surface area contributed by atoms with Crippen molar-refractivity contribution in [1.29, 1.82) is 0 Å². The first-order valence-corrected chi connectivity index (χ1v) is 9.50. The Morgan fingerprint density at radius 1 is 1.21 bits per heavy atom. The molecule has 5 rings (SSSR count). The monoisotopic (exact) mass is 406 g/mol. The van der Waals surface area contributed by atoms with Crippen LogP contribution in [0.2, 0.25) is 0 Å². The quantitative estimate of drug-likeness (QED) is 0.417. The number of esters is 1. The third-order valence-electron chi connectivity index (χ3n) is 4.45. The van der Waals surface area contributed by atoms with Gasteiger partial charge in [0.1, 0.15) is 22.6 Å². The van der Waals surface area contributed by atoms with Gasteiger partial charge in [-0.1, -0.05) is 30.3 Å². The van der Waals surface area contributed by atoms with Crippen molar-refractivity contribution < 1.29 is 9.53 Å². The van der Waals surface area contributed by atoms with Gasteiger partial charge in [-0.3, -0.25) is 0 Å². The standard InChI is InChI=1S/C18H14N8O2S/c1-10-13-16-20-12(8-26-23-15(21-24-26)11-6-4-3-5-7-11)22-25(16)9-19-17(13)29-14(10)18(27)28-2/h3-7,9H,8H2,1-2H3. The van der Waals surface area contributed by atoms with Crippen molar-refractivity contribution in [2.24, 2.45) is 0 Å². The average molecular weight is 406 g/mol. The highest BCUT2D eigenvalue weighted by molar-refractivity contribution is 7.20. The van der Waals surface area contributed by atoms with Gasteiger partial charge in [-0.25, -0.2) is 19.3 Å². The van der Waals surface area contributed by atoms with Gasteiger partial charge in [0.2, 0.25) is 5.82 Å². The number of carbonyl (C=O) groups excluding carboxylic acids is 1. The predicted molar refractivity (Wildman–Crippen MR) is 105 cm³/mol.